The molecule has 1 atom stereocenters. The van der Waals surface area contributed by atoms with E-state index in [1.807, 2.05) is 31.2 Å². The monoisotopic (exact) mass is 407 g/mol. The average Bonchev–Trinajstić information content (AvgIpc) is 3.10. The van der Waals surface area contributed by atoms with Crippen LogP contribution in [-0.2, 0) is 6.42 Å². The number of fused-ring (bicyclic) bond motifs is 1. The van der Waals surface area contributed by atoms with E-state index in [0.717, 1.165) is 50.4 Å². The smallest absolute Gasteiger partial charge is 0.319 e. The molecule has 4 rings (SSSR count). The number of nitrogens with one attached hydrogen (secondary N) is 2. The number of piperazine rings is 1. The van der Waals surface area contributed by atoms with Gasteiger partial charge in [-0.05, 0) is 55.3 Å². The Morgan fingerprint density at radius 2 is 1.83 bits per heavy atom. The van der Waals surface area contributed by atoms with Crippen LogP contribution in [0.25, 0.3) is 0 Å². The van der Waals surface area contributed by atoms with Crippen molar-refractivity contribution in [2.75, 3.05) is 63.6 Å². The van der Waals surface area contributed by atoms with Crippen molar-refractivity contribution in [2.24, 2.45) is 0 Å². The van der Waals surface area contributed by atoms with Crippen LogP contribution in [-0.4, -0.2) is 69.2 Å². The lowest BCUT2D eigenvalue weighted by molar-refractivity contribution is 0.111. The predicted molar refractivity (Wildman–Crippen MR) is 123 cm³/mol. The summed E-state index contributed by atoms with van der Waals surface area (Å²) in [5.74, 6) is 0. The van der Waals surface area contributed by atoms with E-state index < -0.39 is 0 Å². The SMILES string of the molecule is Cc1cccc(NC(=O)NC[C@@H](c2ccc3c(c2)CCN3C)N2CCN(C)CC2)c1. The van der Waals surface area contributed by atoms with Gasteiger partial charge in [-0.3, -0.25) is 4.90 Å². The first-order valence-electron chi connectivity index (χ1n) is 10.9. The van der Waals surface area contributed by atoms with E-state index in [0.29, 0.717) is 6.54 Å². The van der Waals surface area contributed by atoms with Gasteiger partial charge in [-0.25, -0.2) is 4.79 Å². The van der Waals surface area contributed by atoms with Crippen molar-refractivity contribution < 1.29 is 4.79 Å². The molecule has 2 N–H and O–H groups in total. The largest absolute Gasteiger partial charge is 0.374 e. The number of nitrogens with zero attached hydrogens (tertiary/aromatic N) is 3. The minimum Gasteiger partial charge on any atom is -0.374 e. The molecule has 2 aliphatic rings. The summed E-state index contributed by atoms with van der Waals surface area (Å²) in [6.07, 6.45) is 1.09. The summed E-state index contributed by atoms with van der Waals surface area (Å²) in [4.78, 5) is 19.8. The molecule has 2 heterocycles. The third kappa shape index (κ3) is 4.77. The van der Waals surface area contributed by atoms with Gasteiger partial charge in [0.2, 0.25) is 0 Å². The summed E-state index contributed by atoms with van der Waals surface area (Å²) in [5, 5.41) is 6.08. The van der Waals surface area contributed by atoms with E-state index in [4.69, 9.17) is 0 Å². The summed E-state index contributed by atoms with van der Waals surface area (Å²) in [7, 11) is 4.33. The highest BCUT2D eigenvalue weighted by atomic mass is 16.2. The van der Waals surface area contributed by atoms with Crippen molar-refractivity contribution in [2.45, 2.75) is 19.4 Å². The molecule has 0 bridgehead atoms. The number of rotatable bonds is 5. The second kappa shape index (κ2) is 9.06. The van der Waals surface area contributed by atoms with Crippen molar-refractivity contribution in [1.82, 2.24) is 15.1 Å². The van der Waals surface area contributed by atoms with Crippen LogP contribution < -0.4 is 15.5 Å². The molecule has 0 radical (unpaired) electrons. The first-order chi connectivity index (χ1) is 14.5. The Hall–Kier alpha value is -2.57. The fourth-order valence-corrected chi connectivity index (χ4v) is 4.47. The van der Waals surface area contributed by atoms with Gasteiger partial charge in [0, 0.05) is 57.7 Å². The van der Waals surface area contributed by atoms with Crippen LogP contribution in [0.1, 0.15) is 22.7 Å². The molecular weight excluding hydrogens is 374 g/mol. The molecule has 2 aromatic carbocycles. The van der Waals surface area contributed by atoms with E-state index in [1.165, 1.54) is 16.8 Å². The normalized spacial score (nSPS) is 18.2. The van der Waals surface area contributed by atoms with Crippen LogP contribution in [0, 0.1) is 6.92 Å². The number of anilines is 2. The highest BCUT2D eigenvalue weighted by Crippen LogP contribution is 2.31. The van der Waals surface area contributed by atoms with Crippen LogP contribution in [0.4, 0.5) is 16.2 Å². The maximum atomic E-state index is 12.6. The Kier molecular flexibility index (Phi) is 6.25. The van der Waals surface area contributed by atoms with E-state index in [1.54, 1.807) is 0 Å². The third-order valence-electron chi connectivity index (χ3n) is 6.33. The fraction of sp³-hybridized carbons (Fsp3) is 0.458. The van der Waals surface area contributed by atoms with E-state index in [9.17, 15) is 4.79 Å². The summed E-state index contributed by atoms with van der Waals surface area (Å²) < 4.78 is 0. The van der Waals surface area contributed by atoms with Crippen molar-refractivity contribution in [3.05, 3.63) is 59.2 Å². The number of aryl methyl sites for hydroxylation is 1. The van der Waals surface area contributed by atoms with Gasteiger partial charge < -0.3 is 20.4 Å². The Morgan fingerprint density at radius 1 is 1.03 bits per heavy atom. The van der Waals surface area contributed by atoms with Gasteiger partial charge in [-0.15, -0.1) is 0 Å². The zero-order valence-electron chi connectivity index (χ0n) is 18.3. The standard InChI is InChI=1S/C24H33N5O/c1-18-5-4-6-21(15-18)26-24(30)25-17-23(29-13-11-27(2)12-14-29)19-7-8-22-20(16-19)9-10-28(22)3/h4-8,15-16,23H,9-14,17H2,1-3H3,(H2,25,26,30)/t23-/m0/s1. The first-order valence-corrected chi connectivity index (χ1v) is 10.9. The van der Waals surface area contributed by atoms with Crippen molar-refractivity contribution in [1.29, 1.82) is 0 Å². The number of carbonyl (C=O) groups is 1. The first kappa shape index (κ1) is 20.7. The zero-order valence-corrected chi connectivity index (χ0v) is 18.3. The van der Waals surface area contributed by atoms with Gasteiger partial charge in [0.15, 0.2) is 0 Å². The maximum absolute atomic E-state index is 12.6. The molecule has 2 aromatic rings. The molecule has 2 aliphatic heterocycles. The van der Waals surface area contributed by atoms with Gasteiger partial charge >= 0.3 is 6.03 Å². The third-order valence-corrected chi connectivity index (χ3v) is 6.33. The topological polar surface area (TPSA) is 50.9 Å². The molecule has 0 saturated carbocycles. The Bertz CT molecular complexity index is 891. The van der Waals surface area contributed by atoms with E-state index >= 15 is 0 Å². The van der Waals surface area contributed by atoms with E-state index in [2.05, 4.69) is 57.6 Å². The lowest BCUT2D eigenvalue weighted by Crippen LogP contribution is -2.48. The van der Waals surface area contributed by atoms with E-state index in [-0.39, 0.29) is 12.1 Å². The van der Waals surface area contributed by atoms with Crippen molar-refractivity contribution in [3.63, 3.8) is 0 Å². The number of benzene rings is 2. The lowest BCUT2D eigenvalue weighted by atomic mass is 10.00. The van der Waals surface area contributed by atoms with Crippen molar-refractivity contribution in [3.8, 4) is 0 Å². The van der Waals surface area contributed by atoms with Crippen molar-refractivity contribution >= 4 is 17.4 Å². The summed E-state index contributed by atoms with van der Waals surface area (Å²) in [6.45, 7) is 7.83. The number of carbonyl (C=O) groups excluding carboxylic acids is 1. The van der Waals surface area contributed by atoms with Gasteiger partial charge in [0.05, 0.1) is 6.04 Å². The Labute approximate surface area is 179 Å². The molecule has 0 unspecified atom stereocenters. The summed E-state index contributed by atoms with van der Waals surface area (Å²) in [5.41, 5.74) is 6.00. The van der Waals surface area contributed by atoms with Crippen LogP contribution in [0.3, 0.4) is 0 Å². The number of hydrogen-bond acceptors (Lipinski definition) is 4. The molecule has 160 valence electrons. The molecule has 6 heteroatoms. The zero-order chi connectivity index (χ0) is 21.1. The molecule has 1 saturated heterocycles. The minimum atomic E-state index is -0.152. The fourth-order valence-electron chi connectivity index (χ4n) is 4.47. The molecule has 2 amide bonds. The molecule has 6 nitrogen and oxygen atoms in total. The lowest BCUT2D eigenvalue weighted by Gasteiger charge is -2.38. The second-order valence-electron chi connectivity index (χ2n) is 8.62. The number of urea groups is 1. The number of likely N-dealkylation sites (N-methyl/N-ethyl adjacent to an activating group) is 2. The van der Waals surface area contributed by atoms with Gasteiger partial charge in [0.1, 0.15) is 0 Å². The highest BCUT2D eigenvalue weighted by Gasteiger charge is 2.26. The molecule has 0 aromatic heterocycles. The molecule has 0 aliphatic carbocycles. The summed E-state index contributed by atoms with van der Waals surface area (Å²) >= 11 is 0. The second-order valence-corrected chi connectivity index (χ2v) is 8.62. The van der Waals surface area contributed by atoms with Crippen LogP contribution in [0.2, 0.25) is 0 Å². The highest BCUT2D eigenvalue weighted by molar-refractivity contribution is 5.89. The van der Waals surface area contributed by atoms with Crippen LogP contribution in [0.15, 0.2) is 42.5 Å². The molecular formula is C24H33N5O. The van der Waals surface area contributed by atoms with Gasteiger partial charge in [-0.1, -0.05) is 24.3 Å². The minimum absolute atomic E-state index is 0.152. The number of hydrogen-bond donors (Lipinski definition) is 2. The number of amides is 2. The Balaban J connectivity index is 1.47. The van der Waals surface area contributed by atoms with Crippen LogP contribution >= 0.6 is 0 Å². The Morgan fingerprint density at radius 3 is 2.60 bits per heavy atom. The molecule has 1 fully saturated rings. The molecule has 0 spiro atoms. The predicted octanol–water partition coefficient (Wildman–Crippen LogP) is 3.10. The maximum Gasteiger partial charge on any atom is 0.319 e. The quantitative estimate of drug-likeness (QED) is 0.800. The van der Waals surface area contributed by atoms with Gasteiger partial charge in [0.25, 0.3) is 0 Å². The molecule has 30 heavy (non-hydrogen) atoms. The van der Waals surface area contributed by atoms with Gasteiger partial charge in [-0.2, -0.15) is 0 Å². The average molecular weight is 408 g/mol. The van der Waals surface area contributed by atoms with Crippen LogP contribution in [0.5, 0.6) is 0 Å². The summed E-state index contributed by atoms with van der Waals surface area (Å²) in [6, 6.07) is 14.7.